The molecule has 0 aromatic carbocycles. The summed E-state index contributed by atoms with van der Waals surface area (Å²) in [7, 11) is -0.652. The molecule has 0 spiro atoms. The van der Waals surface area contributed by atoms with E-state index in [1.54, 1.807) is 0 Å². The Hall–Kier alpha value is -1.20. The third-order valence-corrected chi connectivity index (χ3v) is 5.21. The molecule has 1 aromatic heterocycles. The first kappa shape index (κ1) is 16.2. The lowest BCUT2D eigenvalue weighted by Crippen LogP contribution is -2.44. The first-order chi connectivity index (χ1) is 9.62. The Balaban J connectivity index is 2.03. The second kappa shape index (κ2) is 5.54. The van der Waals surface area contributed by atoms with Crippen molar-refractivity contribution in [2.24, 2.45) is 0 Å². The van der Waals surface area contributed by atoms with Crippen molar-refractivity contribution in [3.63, 3.8) is 0 Å². The summed E-state index contributed by atoms with van der Waals surface area (Å²) < 4.78 is 68.0. The van der Waals surface area contributed by atoms with Crippen LogP contribution in [0, 0.1) is 0 Å². The van der Waals surface area contributed by atoms with Crippen molar-refractivity contribution in [1.29, 1.82) is 0 Å². The highest BCUT2D eigenvalue weighted by atomic mass is 32.2. The van der Waals surface area contributed by atoms with Crippen molar-refractivity contribution in [3.8, 4) is 0 Å². The van der Waals surface area contributed by atoms with Gasteiger partial charge in [0, 0.05) is 33.1 Å². The largest absolute Gasteiger partial charge is 0.470 e. The van der Waals surface area contributed by atoms with E-state index in [0.29, 0.717) is 12.8 Å². The van der Waals surface area contributed by atoms with Crippen molar-refractivity contribution in [3.05, 3.63) is 11.8 Å². The lowest BCUT2D eigenvalue weighted by molar-refractivity contribution is -0.157. The zero-order valence-corrected chi connectivity index (χ0v) is 12.3. The molecule has 1 fully saturated rings. The lowest BCUT2D eigenvalue weighted by atomic mass is 9.98. The molecule has 1 aromatic rings. The molecule has 0 unspecified atom stereocenters. The average molecular weight is 328 g/mol. The predicted molar refractivity (Wildman–Crippen MR) is 65.5 cm³/mol. The Morgan fingerprint density at radius 1 is 1.24 bits per heavy atom. The van der Waals surface area contributed by atoms with Gasteiger partial charge in [0.05, 0.1) is 0 Å². The smallest absolute Gasteiger partial charge is 0.417 e. The van der Waals surface area contributed by atoms with Crippen LogP contribution in [0.25, 0.3) is 0 Å². The first-order valence-corrected chi connectivity index (χ1v) is 7.60. The molecule has 7 nitrogen and oxygen atoms in total. The summed E-state index contributed by atoms with van der Waals surface area (Å²) in [6.07, 6.45) is -3.99. The molecule has 11 heteroatoms. The molecule has 120 valence electrons. The molecule has 0 saturated carbocycles. The molecule has 21 heavy (non-hydrogen) atoms. The highest BCUT2D eigenvalue weighted by Crippen LogP contribution is 2.33. The van der Waals surface area contributed by atoms with Gasteiger partial charge >= 0.3 is 12.1 Å². The summed E-state index contributed by atoms with van der Waals surface area (Å²) in [5.41, 5.74) is 0. The van der Waals surface area contributed by atoms with Crippen LogP contribution in [0.15, 0.2) is 4.42 Å². The van der Waals surface area contributed by atoms with Crippen molar-refractivity contribution >= 4 is 10.2 Å². The van der Waals surface area contributed by atoms with Gasteiger partial charge in [-0.05, 0) is 12.8 Å². The van der Waals surface area contributed by atoms with E-state index in [-0.39, 0.29) is 24.9 Å². The Morgan fingerprint density at radius 3 is 2.24 bits per heavy atom. The zero-order valence-electron chi connectivity index (χ0n) is 11.5. The molecule has 0 amide bonds. The van der Waals surface area contributed by atoms with Crippen LogP contribution in [0.4, 0.5) is 13.2 Å². The van der Waals surface area contributed by atoms with Crippen LogP contribution in [0.1, 0.15) is 30.5 Å². The van der Waals surface area contributed by atoms with Crippen LogP contribution in [0.3, 0.4) is 0 Å². The second-order valence-electron chi connectivity index (χ2n) is 4.91. The van der Waals surface area contributed by atoms with Crippen LogP contribution in [0.2, 0.25) is 0 Å². The molecule has 0 radical (unpaired) electrons. The fraction of sp³-hybridized carbons (Fsp3) is 0.800. The van der Waals surface area contributed by atoms with Crippen LogP contribution in [-0.2, 0) is 16.4 Å². The normalized spacial score (nSPS) is 19.3. The lowest BCUT2D eigenvalue weighted by Gasteiger charge is -2.31. The monoisotopic (exact) mass is 328 g/mol. The topological polar surface area (TPSA) is 79.5 Å². The predicted octanol–water partition coefficient (Wildman–Crippen LogP) is 1.07. The molecule has 1 aliphatic rings. The van der Waals surface area contributed by atoms with E-state index in [2.05, 4.69) is 14.6 Å². The molecule has 1 aliphatic heterocycles. The fourth-order valence-corrected chi connectivity index (χ4v) is 3.21. The maximum atomic E-state index is 12.4. The number of alkyl halides is 3. The minimum absolute atomic E-state index is 0.0933. The summed E-state index contributed by atoms with van der Waals surface area (Å²) in [4.78, 5) is 0. The standard InChI is InChI=1S/C10H15F3N4O3S/c1-16(2)21(18,19)17-5-3-7(4-6-17)8-14-15-9(20-8)10(11,12)13/h7H,3-6H2,1-2H3. The Morgan fingerprint density at radius 2 is 1.81 bits per heavy atom. The molecular weight excluding hydrogens is 313 g/mol. The Bertz CT molecular complexity index is 591. The van der Waals surface area contributed by atoms with Crippen molar-refractivity contribution < 1.29 is 26.0 Å². The summed E-state index contributed by atoms with van der Waals surface area (Å²) in [5, 5.41) is 6.39. The fourth-order valence-electron chi connectivity index (χ4n) is 2.08. The van der Waals surface area contributed by atoms with Gasteiger partial charge in [0.15, 0.2) is 0 Å². The van der Waals surface area contributed by atoms with E-state index in [1.165, 1.54) is 18.4 Å². The van der Waals surface area contributed by atoms with E-state index in [4.69, 9.17) is 0 Å². The SMILES string of the molecule is CN(C)S(=O)(=O)N1CCC(c2nnc(C(F)(F)F)o2)CC1. The number of piperidine rings is 1. The Labute approximate surface area is 119 Å². The van der Waals surface area contributed by atoms with Gasteiger partial charge in [-0.3, -0.25) is 0 Å². The molecule has 0 atom stereocenters. The number of hydrogen-bond donors (Lipinski definition) is 0. The van der Waals surface area contributed by atoms with Gasteiger partial charge in [-0.25, -0.2) is 0 Å². The van der Waals surface area contributed by atoms with Crippen LogP contribution in [0.5, 0.6) is 0 Å². The third-order valence-electron chi connectivity index (χ3n) is 3.27. The molecule has 2 heterocycles. The Kier molecular flexibility index (Phi) is 4.26. The summed E-state index contributed by atoms with van der Waals surface area (Å²) in [6.45, 7) is 0.407. The quantitative estimate of drug-likeness (QED) is 0.829. The average Bonchev–Trinajstić information content (AvgIpc) is 2.88. The minimum Gasteiger partial charge on any atom is -0.417 e. The first-order valence-electron chi connectivity index (χ1n) is 6.20. The van der Waals surface area contributed by atoms with Gasteiger partial charge in [0.2, 0.25) is 5.89 Å². The highest BCUT2D eigenvalue weighted by molar-refractivity contribution is 7.86. The van der Waals surface area contributed by atoms with Crippen LogP contribution < -0.4 is 0 Å². The molecule has 1 saturated heterocycles. The van der Waals surface area contributed by atoms with Gasteiger partial charge in [-0.2, -0.15) is 30.2 Å². The summed E-state index contributed by atoms with van der Waals surface area (Å²) in [5.74, 6) is -1.83. The van der Waals surface area contributed by atoms with E-state index in [1.807, 2.05) is 0 Å². The van der Waals surface area contributed by atoms with Gasteiger partial charge in [0.25, 0.3) is 10.2 Å². The molecule has 0 aliphatic carbocycles. The molecule has 2 rings (SSSR count). The van der Waals surface area contributed by atoms with Crippen molar-refractivity contribution in [2.45, 2.75) is 24.9 Å². The zero-order chi connectivity index (χ0) is 15.8. The number of hydrogen-bond acceptors (Lipinski definition) is 5. The maximum Gasteiger partial charge on any atom is 0.470 e. The van der Waals surface area contributed by atoms with Crippen LogP contribution >= 0.6 is 0 Å². The number of nitrogens with zero attached hydrogens (tertiary/aromatic N) is 4. The van der Waals surface area contributed by atoms with E-state index >= 15 is 0 Å². The molecular formula is C10H15F3N4O3S. The van der Waals surface area contributed by atoms with E-state index in [9.17, 15) is 21.6 Å². The number of aromatic nitrogens is 2. The summed E-state index contributed by atoms with van der Waals surface area (Å²) >= 11 is 0. The van der Waals surface area contributed by atoms with Gasteiger partial charge in [-0.1, -0.05) is 0 Å². The van der Waals surface area contributed by atoms with Crippen molar-refractivity contribution in [1.82, 2.24) is 18.8 Å². The molecule has 0 N–H and O–H groups in total. The molecule has 0 bridgehead atoms. The van der Waals surface area contributed by atoms with Gasteiger partial charge in [-0.15, -0.1) is 10.2 Å². The summed E-state index contributed by atoms with van der Waals surface area (Å²) in [6, 6.07) is 0. The number of rotatable bonds is 3. The van der Waals surface area contributed by atoms with Crippen molar-refractivity contribution in [2.75, 3.05) is 27.2 Å². The highest BCUT2D eigenvalue weighted by Gasteiger charge is 2.39. The third kappa shape index (κ3) is 3.35. The number of halogens is 3. The van der Waals surface area contributed by atoms with Gasteiger partial charge in [0.1, 0.15) is 0 Å². The minimum atomic E-state index is -4.67. The second-order valence-corrected chi connectivity index (χ2v) is 7.05. The van der Waals surface area contributed by atoms with Crippen LogP contribution in [-0.4, -0.2) is 54.4 Å². The van der Waals surface area contributed by atoms with Gasteiger partial charge < -0.3 is 4.42 Å². The van der Waals surface area contributed by atoms with E-state index < -0.39 is 22.3 Å². The maximum absolute atomic E-state index is 12.4. The van der Waals surface area contributed by atoms with E-state index in [0.717, 1.165) is 4.31 Å².